The van der Waals surface area contributed by atoms with Gasteiger partial charge in [0.1, 0.15) is 0 Å². The standard InChI is InChI=1S/C14H16BrNS/c1-10(12-5-7-13(15)8-6-12)16-11(2)14-4-3-9-17-14/h3-11,16H,1-2H3. The largest absolute Gasteiger partial charge is 0.303 e. The molecule has 2 atom stereocenters. The quantitative estimate of drug-likeness (QED) is 0.845. The number of rotatable bonds is 4. The Kier molecular flexibility index (Phi) is 4.37. The van der Waals surface area contributed by atoms with E-state index in [1.807, 2.05) is 0 Å². The fourth-order valence-corrected chi connectivity index (χ4v) is 2.85. The zero-order chi connectivity index (χ0) is 12.3. The molecule has 0 saturated carbocycles. The van der Waals surface area contributed by atoms with Gasteiger partial charge in [0.05, 0.1) is 0 Å². The van der Waals surface area contributed by atoms with E-state index >= 15 is 0 Å². The highest BCUT2D eigenvalue weighted by Crippen LogP contribution is 2.23. The molecule has 0 spiro atoms. The van der Waals surface area contributed by atoms with E-state index in [0.717, 1.165) is 4.47 Å². The molecule has 0 aliphatic rings. The van der Waals surface area contributed by atoms with Gasteiger partial charge >= 0.3 is 0 Å². The summed E-state index contributed by atoms with van der Waals surface area (Å²) < 4.78 is 1.12. The topological polar surface area (TPSA) is 12.0 Å². The third-order valence-electron chi connectivity index (χ3n) is 2.84. The Bertz CT molecular complexity index is 450. The molecule has 3 heteroatoms. The second-order valence-electron chi connectivity index (χ2n) is 4.18. The van der Waals surface area contributed by atoms with Gasteiger partial charge in [-0.2, -0.15) is 0 Å². The average Bonchev–Trinajstić information content (AvgIpc) is 2.83. The van der Waals surface area contributed by atoms with Gasteiger partial charge in [-0.25, -0.2) is 0 Å². The molecule has 2 aromatic rings. The summed E-state index contributed by atoms with van der Waals surface area (Å²) in [6, 6.07) is 13.5. The van der Waals surface area contributed by atoms with Crippen molar-refractivity contribution in [1.82, 2.24) is 5.32 Å². The molecule has 1 N–H and O–H groups in total. The maximum atomic E-state index is 3.61. The number of benzene rings is 1. The highest BCUT2D eigenvalue weighted by Gasteiger charge is 2.11. The summed E-state index contributed by atoms with van der Waals surface area (Å²) in [4.78, 5) is 1.38. The van der Waals surface area contributed by atoms with E-state index in [1.165, 1.54) is 10.4 Å². The molecule has 17 heavy (non-hydrogen) atoms. The normalized spacial score (nSPS) is 14.5. The van der Waals surface area contributed by atoms with E-state index in [2.05, 4.69) is 76.9 Å². The van der Waals surface area contributed by atoms with E-state index in [1.54, 1.807) is 11.3 Å². The minimum atomic E-state index is 0.361. The average molecular weight is 310 g/mol. The second kappa shape index (κ2) is 5.80. The Balaban J connectivity index is 2.01. The summed E-state index contributed by atoms with van der Waals surface area (Å²) in [6.07, 6.45) is 0. The first-order valence-corrected chi connectivity index (χ1v) is 7.39. The predicted octanol–water partition coefficient (Wildman–Crippen LogP) is 4.92. The van der Waals surface area contributed by atoms with Gasteiger partial charge in [-0.1, -0.05) is 34.1 Å². The van der Waals surface area contributed by atoms with Gasteiger partial charge in [0, 0.05) is 21.4 Å². The van der Waals surface area contributed by atoms with Crippen LogP contribution in [0.5, 0.6) is 0 Å². The van der Waals surface area contributed by atoms with Gasteiger partial charge in [-0.05, 0) is 43.0 Å². The summed E-state index contributed by atoms with van der Waals surface area (Å²) in [5, 5.41) is 5.74. The van der Waals surface area contributed by atoms with Gasteiger partial charge in [-0.15, -0.1) is 11.3 Å². The van der Waals surface area contributed by atoms with Crippen LogP contribution in [0.2, 0.25) is 0 Å². The summed E-state index contributed by atoms with van der Waals surface area (Å²) in [5.41, 5.74) is 1.32. The van der Waals surface area contributed by atoms with E-state index in [4.69, 9.17) is 0 Å². The number of thiophene rings is 1. The molecule has 1 aromatic heterocycles. The third-order valence-corrected chi connectivity index (χ3v) is 4.42. The van der Waals surface area contributed by atoms with Gasteiger partial charge in [0.15, 0.2) is 0 Å². The van der Waals surface area contributed by atoms with E-state index < -0.39 is 0 Å². The fourth-order valence-electron chi connectivity index (χ4n) is 1.84. The SMILES string of the molecule is CC(NC(C)c1cccs1)c1ccc(Br)cc1. The van der Waals surface area contributed by atoms with Crippen molar-refractivity contribution < 1.29 is 0 Å². The molecule has 0 saturated heterocycles. The monoisotopic (exact) mass is 309 g/mol. The lowest BCUT2D eigenvalue weighted by molar-refractivity contribution is 0.500. The van der Waals surface area contributed by atoms with E-state index in [0.29, 0.717) is 12.1 Å². The minimum Gasteiger partial charge on any atom is -0.303 e. The molecule has 2 unspecified atom stereocenters. The van der Waals surface area contributed by atoms with Crippen LogP contribution < -0.4 is 5.32 Å². The van der Waals surface area contributed by atoms with Gasteiger partial charge in [-0.3, -0.25) is 0 Å². The first-order valence-electron chi connectivity index (χ1n) is 5.71. The molecule has 0 amide bonds. The zero-order valence-electron chi connectivity index (χ0n) is 9.98. The van der Waals surface area contributed by atoms with Crippen LogP contribution in [-0.2, 0) is 0 Å². The molecule has 2 rings (SSSR count). The molecule has 1 heterocycles. The lowest BCUT2D eigenvalue weighted by Crippen LogP contribution is -2.21. The lowest BCUT2D eigenvalue weighted by atomic mass is 10.1. The molecule has 0 bridgehead atoms. The van der Waals surface area contributed by atoms with Crippen LogP contribution in [-0.4, -0.2) is 0 Å². The first kappa shape index (κ1) is 12.8. The van der Waals surface area contributed by atoms with Crippen molar-refractivity contribution in [3.63, 3.8) is 0 Å². The molecular weight excluding hydrogens is 294 g/mol. The van der Waals surface area contributed by atoms with Gasteiger partial charge in [0.25, 0.3) is 0 Å². The van der Waals surface area contributed by atoms with Gasteiger partial charge < -0.3 is 5.32 Å². The fraction of sp³-hybridized carbons (Fsp3) is 0.286. The third kappa shape index (κ3) is 3.41. The number of hydrogen-bond acceptors (Lipinski definition) is 2. The Morgan fingerprint density at radius 3 is 2.35 bits per heavy atom. The molecular formula is C14H16BrNS. The lowest BCUT2D eigenvalue weighted by Gasteiger charge is -2.19. The molecule has 0 fully saturated rings. The van der Waals surface area contributed by atoms with Crippen molar-refractivity contribution in [3.05, 3.63) is 56.7 Å². The van der Waals surface area contributed by atoms with Crippen LogP contribution in [0.15, 0.2) is 46.3 Å². The van der Waals surface area contributed by atoms with Crippen LogP contribution in [0.1, 0.15) is 36.4 Å². The molecule has 90 valence electrons. The summed E-state index contributed by atoms with van der Waals surface area (Å²) in [7, 11) is 0. The van der Waals surface area contributed by atoms with Crippen LogP contribution in [0.3, 0.4) is 0 Å². The molecule has 0 aliphatic carbocycles. The van der Waals surface area contributed by atoms with Crippen LogP contribution >= 0.6 is 27.3 Å². The van der Waals surface area contributed by atoms with Crippen molar-refractivity contribution in [3.8, 4) is 0 Å². The van der Waals surface area contributed by atoms with Crippen LogP contribution in [0.4, 0.5) is 0 Å². The summed E-state index contributed by atoms with van der Waals surface area (Å²) in [5.74, 6) is 0. The number of halogens is 1. The molecule has 0 aliphatic heterocycles. The highest BCUT2D eigenvalue weighted by molar-refractivity contribution is 9.10. The summed E-state index contributed by atoms with van der Waals surface area (Å²) in [6.45, 7) is 4.41. The van der Waals surface area contributed by atoms with Crippen molar-refractivity contribution >= 4 is 27.3 Å². The minimum absolute atomic E-state index is 0.361. The van der Waals surface area contributed by atoms with Crippen LogP contribution in [0, 0.1) is 0 Å². The maximum Gasteiger partial charge on any atom is 0.0391 e. The Morgan fingerprint density at radius 2 is 1.76 bits per heavy atom. The van der Waals surface area contributed by atoms with Crippen molar-refractivity contribution in [1.29, 1.82) is 0 Å². The molecule has 0 radical (unpaired) electrons. The van der Waals surface area contributed by atoms with Crippen molar-refractivity contribution in [2.24, 2.45) is 0 Å². The molecule has 1 aromatic carbocycles. The van der Waals surface area contributed by atoms with Crippen molar-refractivity contribution in [2.45, 2.75) is 25.9 Å². The van der Waals surface area contributed by atoms with Gasteiger partial charge in [0.2, 0.25) is 0 Å². The predicted molar refractivity (Wildman–Crippen MR) is 78.4 cm³/mol. The summed E-state index contributed by atoms with van der Waals surface area (Å²) >= 11 is 5.26. The Hall–Kier alpha value is -0.640. The smallest absolute Gasteiger partial charge is 0.0391 e. The zero-order valence-corrected chi connectivity index (χ0v) is 12.4. The molecule has 1 nitrogen and oxygen atoms in total. The Labute approximate surface area is 115 Å². The number of hydrogen-bond donors (Lipinski definition) is 1. The maximum absolute atomic E-state index is 3.61. The Morgan fingerprint density at radius 1 is 1.06 bits per heavy atom. The highest BCUT2D eigenvalue weighted by atomic mass is 79.9. The van der Waals surface area contributed by atoms with Crippen molar-refractivity contribution in [2.75, 3.05) is 0 Å². The second-order valence-corrected chi connectivity index (χ2v) is 6.07. The van der Waals surface area contributed by atoms with E-state index in [-0.39, 0.29) is 0 Å². The number of nitrogens with one attached hydrogen (secondary N) is 1. The van der Waals surface area contributed by atoms with Crippen LogP contribution in [0.25, 0.3) is 0 Å². The van der Waals surface area contributed by atoms with E-state index in [9.17, 15) is 0 Å². The first-order chi connectivity index (χ1) is 8.16.